The number of hydrogen-bond acceptors (Lipinski definition) is 2. The van der Waals surface area contributed by atoms with Crippen LogP contribution in [-0.4, -0.2) is 16.8 Å². The highest BCUT2D eigenvalue weighted by Gasteiger charge is 2.26. The lowest BCUT2D eigenvalue weighted by Crippen LogP contribution is -2.23. The number of aliphatic hydroxyl groups is 2. The van der Waals surface area contributed by atoms with Crippen LogP contribution in [0.15, 0.2) is 0 Å². The highest BCUT2D eigenvalue weighted by molar-refractivity contribution is 4.92. The Morgan fingerprint density at radius 3 is 2.29 bits per heavy atom. The first-order valence-electron chi connectivity index (χ1n) is 2.47. The van der Waals surface area contributed by atoms with Crippen LogP contribution in [0.2, 0.25) is 0 Å². The zero-order valence-electron chi connectivity index (χ0n) is 4.09. The first-order valence-corrected chi connectivity index (χ1v) is 2.47. The molecule has 41 valence electrons. The van der Waals surface area contributed by atoms with Crippen LogP contribution in [0.4, 0.5) is 0 Å². The van der Waals surface area contributed by atoms with Gasteiger partial charge in [0.15, 0.2) is 0 Å². The molecule has 0 heterocycles. The summed E-state index contributed by atoms with van der Waals surface area (Å²) in [6, 6.07) is 0. The Labute approximate surface area is 42.8 Å². The fourth-order valence-corrected chi connectivity index (χ4v) is 0.736. The summed E-state index contributed by atoms with van der Waals surface area (Å²) in [5.74, 6) is 0.361. The van der Waals surface area contributed by atoms with Gasteiger partial charge in [-0.15, -0.1) is 0 Å². The van der Waals surface area contributed by atoms with E-state index in [2.05, 4.69) is 0 Å². The van der Waals surface area contributed by atoms with Gasteiger partial charge in [-0.25, -0.2) is 0 Å². The molecular formula is C5H9O2. The molecule has 0 spiro atoms. The summed E-state index contributed by atoms with van der Waals surface area (Å²) in [5, 5.41) is 16.9. The third kappa shape index (κ3) is 0.924. The lowest BCUT2D eigenvalue weighted by molar-refractivity contribution is 0.0959. The van der Waals surface area contributed by atoms with Gasteiger partial charge in [-0.3, -0.25) is 0 Å². The van der Waals surface area contributed by atoms with E-state index in [9.17, 15) is 0 Å². The SMILES string of the molecule is OCC1C[C](O)C1. The monoisotopic (exact) mass is 101 g/mol. The second-order valence-corrected chi connectivity index (χ2v) is 2.02. The first kappa shape index (κ1) is 5.06. The van der Waals surface area contributed by atoms with Gasteiger partial charge in [0.05, 0.1) is 6.10 Å². The molecule has 0 amide bonds. The number of aliphatic hydroxyl groups excluding tert-OH is 2. The summed E-state index contributed by atoms with van der Waals surface area (Å²) in [7, 11) is 0. The van der Waals surface area contributed by atoms with Crippen LogP contribution in [0.5, 0.6) is 0 Å². The topological polar surface area (TPSA) is 40.5 Å². The van der Waals surface area contributed by atoms with Gasteiger partial charge in [0.1, 0.15) is 0 Å². The Bertz CT molecular complexity index is 57.1. The standard InChI is InChI=1S/C5H9O2/c6-3-4-1-5(7)2-4/h4,6-7H,1-3H2. The molecular weight excluding hydrogens is 92.1 g/mol. The summed E-state index contributed by atoms with van der Waals surface area (Å²) >= 11 is 0. The average molecular weight is 101 g/mol. The molecule has 7 heavy (non-hydrogen) atoms. The van der Waals surface area contributed by atoms with Crippen LogP contribution < -0.4 is 0 Å². The van der Waals surface area contributed by atoms with Crippen LogP contribution >= 0.6 is 0 Å². The van der Waals surface area contributed by atoms with Gasteiger partial charge < -0.3 is 10.2 Å². The quantitative estimate of drug-likeness (QED) is 0.498. The lowest BCUT2D eigenvalue weighted by atomic mass is 9.83. The van der Waals surface area contributed by atoms with E-state index in [0.29, 0.717) is 12.0 Å². The van der Waals surface area contributed by atoms with E-state index in [1.54, 1.807) is 0 Å². The minimum atomic E-state index is 0.226. The summed E-state index contributed by atoms with van der Waals surface area (Å²) in [5.41, 5.74) is 0. The molecule has 0 aliphatic heterocycles. The number of hydrogen-bond donors (Lipinski definition) is 2. The molecule has 2 N–H and O–H groups in total. The molecule has 1 rings (SSSR count). The zero-order chi connectivity index (χ0) is 5.28. The van der Waals surface area contributed by atoms with E-state index in [1.165, 1.54) is 0 Å². The molecule has 1 fully saturated rings. The van der Waals surface area contributed by atoms with E-state index in [-0.39, 0.29) is 6.61 Å². The van der Waals surface area contributed by atoms with Crippen LogP contribution in [-0.2, 0) is 0 Å². The third-order valence-electron chi connectivity index (χ3n) is 1.31. The maximum absolute atomic E-state index is 8.56. The molecule has 1 aliphatic carbocycles. The smallest absolute Gasteiger partial charge is 0.0940 e. The molecule has 1 aliphatic rings. The minimum absolute atomic E-state index is 0.226. The number of rotatable bonds is 1. The maximum Gasteiger partial charge on any atom is 0.0940 e. The molecule has 0 bridgehead atoms. The molecule has 0 atom stereocenters. The Hall–Kier alpha value is -0.0800. The lowest BCUT2D eigenvalue weighted by Gasteiger charge is -2.27. The minimum Gasteiger partial charge on any atom is -0.396 e. The largest absolute Gasteiger partial charge is 0.396 e. The van der Waals surface area contributed by atoms with E-state index in [4.69, 9.17) is 10.2 Å². The van der Waals surface area contributed by atoms with Gasteiger partial charge in [0.25, 0.3) is 0 Å². The van der Waals surface area contributed by atoms with Crippen molar-refractivity contribution >= 4 is 0 Å². The van der Waals surface area contributed by atoms with Gasteiger partial charge in [-0.2, -0.15) is 0 Å². The van der Waals surface area contributed by atoms with E-state index in [0.717, 1.165) is 12.8 Å². The highest BCUT2D eigenvalue weighted by Crippen LogP contribution is 2.31. The van der Waals surface area contributed by atoms with Gasteiger partial charge >= 0.3 is 0 Å². The van der Waals surface area contributed by atoms with Crippen molar-refractivity contribution in [2.45, 2.75) is 12.8 Å². The fourth-order valence-electron chi connectivity index (χ4n) is 0.736. The van der Waals surface area contributed by atoms with E-state index >= 15 is 0 Å². The second kappa shape index (κ2) is 1.80. The van der Waals surface area contributed by atoms with Gasteiger partial charge in [0, 0.05) is 6.61 Å². The van der Waals surface area contributed by atoms with Crippen molar-refractivity contribution in [3.8, 4) is 0 Å². The molecule has 0 aromatic carbocycles. The molecule has 2 heteroatoms. The highest BCUT2D eigenvalue weighted by atomic mass is 16.3. The summed E-state index contributed by atoms with van der Waals surface area (Å²) in [4.78, 5) is 0. The van der Waals surface area contributed by atoms with Gasteiger partial charge in [0.2, 0.25) is 0 Å². The summed E-state index contributed by atoms with van der Waals surface area (Å²) in [6.45, 7) is 0.226. The first-order chi connectivity index (χ1) is 3.33. The second-order valence-electron chi connectivity index (χ2n) is 2.02. The van der Waals surface area contributed by atoms with Crippen molar-refractivity contribution < 1.29 is 10.2 Å². The summed E-state index contributed by atoms with van der Waals surface area (Å²) in [6.07, 6.45) is 1.98. The molecule has 0 aromatic rings. The molecule has 2 nitrogen and oxygen atoms in total. The summed E-state index contributed by atoms with van der Waals surface area (Å²) < 4.78 is 0. The van der Waals surface area contributed by atoms with Crippen molar-refractivity contribution in [1.82, 2.24) is 0 Å². The third-order valence-corrected chi connectivity index (χ3v) is 1.31. The van der Waals surface area contributed by atoms with Crippen molar-refractivity contribution in [2.75, 3.05) is 6.61 Å². The Morgan fingerprint density at radius 2 is 2.14 bits per heavy atom. The van der Waals surface area contributed by atoms with Crippen molar-refractivity contribution in [3.63, 3.8) is 0 Å². The molecule has 1 radical (unpaired) electrons. The predicted molar refractivity (Wildman–Crippen MR) is 25.0 cm³/mol. The predicted octanol–water partition coefficient (Wildman–Crippen LogP) is 0.293. The van der Waals surface area contributed by atoms with Crippen molar-refractivity contribution in [1.29, 1.82) is 0 Å². The Morgan fingerprint density at radius 1 is 1.57 bits per heavy atom. The normalized spacial score (nSPS) is 24.9. The molecule has 0 saturated heterocycles. The maximum atomic E-state index is 8.56. The van der Waals surface area contributed by atoms with Crippen LogP contribution in [0.25, 0.3) is 0 Å². The molecule has 0 unspecified atom stereocenters. The molecule has 1 saturated carbocycles. The van der Waals surface area contributed by atoms with E-state index < -0.39 is 0 Å². The zero-order valence-corrected chi connectivity index (χ0v) is 4.09. The average Bonchev–Trinajstić information content (AvgIpc) is 1.58. The Balaban J connectivity index is 2.06. The fraction of sp³-hybridized carbons (Fsp3) is 0.800. The van der Waals surface area contributed by atoms with Gasteiger partial charge in [-0.1, -0.05) is 0 Å². The molecule has 0 aromatic heterocycles. The van der Waals surface area contributed by atoms with Crippen LogP contribution in [0.1, 0.15) is 12.8 Å². The van der Waals surface area contributed by atoms with E-state index in [1.807, 2.05) is 0 Å². The van der Waals surface area contributed by atoms with Crippen molar-refractivity contribution in [2.24, 2.45) is 5.92 Å². The van der Waals surface area contributed by atoms with Crippen LogP contribution in [0, 0.1) is 12.0 Å². The van der Waals surface area contributed by atoms with Gasteiger partial charge in [-0.05, 0) is 18.8 Å². The Kier molecular flexibility index (Phi) is 1.30. The van der Waals surface area contributed by atoms with Crippen molar-refractivity contribution in [3.05, 3.63) is 6.10 Å². The van der Waals surface area contributed by atoms with Crippen LogP contribution in [0.3, 0.4) is 0 Å².